The number of aryl methyl sites for hydroxylation is 1. The van der Waals surface area contributed by atoms with Crippen LogP contribution in [-0.2, 0) is 16.4 Å². The van der Waals surface area contributed by atoms with Gasteiger partial charge >= 0.3 is 0 Å². The van der Waals surface area contributed by atoms with Gasteiger partial charge in [0.05, 0.1) is 4.90 Å². The Labute approximate surface area is 157 Å². The Morgan fingerprint density at radius 1 is 0.923 bits per heavy atom. The van der Waals surface area contributed by atoms with Gasteiger partial charge in [0.2, 0.25) is 10.0 Å². The van der Waals surface area contributed by atoms with Crippen molar-refractivity contribution in [3.63, 3.8) is 0 Å². The largest absolute Gasteiger partial charge is 0.312 e. The van der Waals surface area contributed by atoms with E-state index in [1.54, 1.807) is 12.1 Å². The first kappa shape index (κ1) is 19.1. The van der Waals surface area contributed by atoms with Crippen LogP contribution >= 0.6 is 0 Å². The van der Waals surface area contributed by atoms with E-state index in [1.807, 2.05) is 25.1 Å². The first-order valence-corrected chi connectivity index (χ1v) is 10.9. The first-order chi connectivity index (χ1) is 12.5. The maximum atomic E-state index is 12.7. The lowest BCUT2D eigenvalue weighted by Crippen LogP contribution is -2.51. The van der Waals surface area contributed by atoms with Gasteiger partial charge in [0.15, 0.2) is 0 Å². The van der Waals surface area contributed by atoms with Crippen molar-refractivity contribution < 1.29 is 8.42 Å². The Bertz CT molecular complexity index is 789. The van der Waals surface area contributed by atoms with Gasteiger partial charge in [0.1, 0.15) is 0 Å². The van der Waals surface area contributed by atoms with Crippen LogP contribution in [0.2, 0.25) is 0 Å². The van der Waals surface area contributed by atoms with Crippen LogP contribution in [0.15, 0.2) is 59.5 Å². The Balaban J connectivity index is 1.60. The molecule has 26 heavy (non-hydrogen) atoms. The molecule has 140 valence electrons. The summed E-state index contributed by atoms with van der Waals surface area (Å²) in [6.45, 7) is 2.81. The Kier molecular flexibility index (Phi) is 6.46. The molecular weight excluding hydrogens is 344 g/mol. The average molecular weight is 373 g/mol. The molecule has 0 aliphatic heterocycles. The van der Waals surface area contributed by atoms with Crippen molar-refractivity contribution in [3.05, 3.63) is 65.7 Å². The highest BCUT2D eigenvalue weighted by molar-refractivity contribution is 7.89. The molecule has 5 heteroatoms. The fourth-order valence-corrected chi connectivity index (χ4v) is 4.86. The van der Waals surface area contributed by atoms with Crippen LogP contribution in [0.1, 0.15) is 36.8 Å². The van der Waals surface area contributed by atoms with E-state index >= 15 is 0 Å². The van der Waals surface area contributed by atoms with Crippen molar-refractivity contribution in [2.45, 2.75) is 56.0 Å². The molecule has 4 nitrogen and oxygen atoms in total. The van der Waals surface area contributed by atoms with Gasteiger partial charge in [0, 0.05) is 12.1 Å². The van der Waals surface area contributed by atoms with Crippen LogP contribution < -0.4 is 10.0 Å². The van der Waals surface area contributed by atoms with Crippen molar-refractivity contribution in [2.75, 3.05) is 6.54 Å². The summed E-state index contributed by atoms with van der Waals surface area (Å²) < 4.78 is 28.4. The van der Waals surface area contributed by atoms with Crippen molar-refractivity contribution in [3.8, 4) is 0 Å². The molecule has 0 heterocycles. The van der Waals surface area contributed by atoms with Gasteiger partial charge in [-0.25, -0.2) is 13.1 Å². The molecule has 1 fully saturated rings. The van der Waals surface area contributed by atoms with E-state index in [-0.39, 0.29) is 12.1 Å². The van der Waals surface area contributed by atoms with Gasteiger partial charge in [-0.1, -0.05) is 60.9 Å². The summed E-state index contributed by atoms with van der Waals surface area (Å²) >= 11 is 0. The molecule has 2 aromatic rings. The lowest BCUT2D eigenvalue weighted by molar-refractivity contribution is 0.311. The number of hydrogen-bond acceptors (Lipinski definition) is 3. The van der Waals surface area contributed by atoms with E-state index in [0.717, 1.165) is 44.2 Å². The zero-order valence-corrected chi connectivity index (χ0v) is 16.1. The monoisotopic (exact) mass is 372 g/mol. The summed E-state index contributed by atoms with van der Waals surface area (Å²) in [6.07, 6.45) is 5.06. The minimum absolute atomic E-state index is 0.0502. The molecule has 1 aliphatic rings. The standard InChI is InChI=1S/C21H28N2O2S/c1-17-11-13-19(14-12-17)26(24,25)23-21-10-6-5-9-20(21)22-16-15-18-7-3-2-4-8-18/h2-4,7-8,11-14,20-23H,5-6,9-10,15-16H2,1H3/t20-,21-/m0/s1. The van der Waals surface area contributed by atoms with E-state index in [4.69, 9.17) is 0 Å². The zero-order chi connectivity index (χ0) is 18.4. The van der Waals surface area contributed by atoms with Gasteiger partial charge in [-0.2, -0.15) is 0 Å². The molecule has 2 aromatic carbocycles. The Hall–Kier alpha value is -1.69. The second-order valence-corrected chi connectivity index (χ2v) is 8.84. The topological polar surface area (TPSA) is 58.2 Å². The highest BCUT2D eigenvalue weighted by atomic mass is 32.2. The molecular formula is C21H28N2O2S. The Morgan fingerprint density at radius 3 is 2.27 bits per heavy atom. The predicted molar refractivity (Wildman–Crippen MR) is 106 cm³/mol. The van der Waals surface area contributed by atoms with E-state index < -0.39 is 10.0 Å². The first-order valence-electron chi connectivity index (χ1n) is 9.41. The molecule has 2 N–H and O–H groups in total. The number of hydrogen-bond donors (Lipinski definition) is 2. The second kappa shape index (κ2) is 8.80. The molecule has 0 unspecified atom stereocenters. The normalized spacial score (nSPS) is 20.8. The number of benzene rings is 2. The molecule has 0 amide bonds. The third-order valence-corrected chi connectivity index (χ3v) is 6.57. The quantitative estimate of drug-likeness (QED) is 0.783. The number of nitrogens with one attached hydrogen (secondary N) is 2. The Morgan fingerprint density at radius 2 is 1.58 bits per heavy atom. The summed E-state index contributed by atoms with van der Waals surface area (Å²) in [4.78, 5) is 0.344. The van der Waals surface area contributed by atoms with Crippen LogP contribution in [0.4, 0.5) is 0 Å². The van der Waals surface area contributed by atoms with E-state index in [0.29, 0.717) is 4.90 Å². The van der Waals surface area contributed by atoms with E-state index in [1.165, 1.54) is 5.56 Å². The maximum Gasteiger partial charge on any atom is 0.240 e. The summed E-state index contributed by atoms with van der Waals surface area (Å²) in [6, 6.07) is 17.5. The van der Waals surface area contributed by atoms with Gasteiger partial charge < -0.3 is 5.32 Å². The maximum absolute atomic E-state index is 12.7. The highest BCUT2D eigenvalue weighted by Crippen LogP contribution is 2.21. The lowest BCUT2D eigenvalue weighted by Gasteiger charge is -2.32. The SMILES string of the molecule is Cc1ccc(S(=O)(=O)N[C@H]2CCCC[C@@H]2NCCc2ccccc2)cc1. The predicted octanol–water partition coefficient (Wildman–Crippen LogP) is 3.42. The third kappa shape index (κ3) is 5.16. The molecule has 2 atom stereocenters. The molecule has 1 saturated carbocycles. The molecule has 0 aromatic heterocycles. The van der Waals surface area contributed by atoms with Crippen molar-refractivity contribution >= 4 is 10.0 Å². The van der Waals surface area contributed by atoms with Crippen LogP contribution in [0.3, 0.4) is 0 Å². The summed E-state index contributed by atoms with van der Waals surface area (Å²) in [5.74, 6) is 0. The van der Waals surface area contributed by atoms with Gasteiger partial charge in [-0.05, 0) is 50.4 Å². The molecule has 0 spiro atoms. The van der Waals surface area contributed by atoms with Gasteiger partial charge in [-0.15, -0.1) is 0 Å². The highest BCUT2D eigenvalue weighted by Gasteiger charge is 2.29. The zero-order valence-electron chi connectivity index (χ0n) is 15.3. The minimum Gasteiger partial charge on any atom is -0.312 e. The van der Waals surface area contributed by atoms with E-state index in [9.17, 15) is 8.42 Å². The smallest absolute Gasteiger partial charge is 0.240 e. The van der Waals surface area contributed by atoms with Crippen molar-refractivity contribution in [1.29, 1.82) is 0 Å². The van der Waals surface area contributed by atoms with Crippen molar-refractivity contribution in [1.82, 2.24) is 10.0 Å². The molecule has 0 bridgehead atoms. The van der Waals surface area contributed by atoms with Gasteiger partial charge in [0.25, 0.3) is 0 Å². The van der Waals surface area contributed by atoms with Crippen LogP contribution in [0.5, 0.6) is 0 Å². The van der Waals surface area contributed by atoms with Crippen LogP contribution in [-0.4, -0.2) is 27.0 Å². The van der Waals surface area contributed by atoms with Crippen LogP contribution in [0.25, 0.3) is 0 Å². The summed E-state index contributed by atoms with van der Waals surface area (Å²) in [7, 11) is -3.48. The van der Waals surface area contributed by atoms with Gasteiger partial charge in [-0.3, -0.25) is 0 Å². The molecule has 0 saturated heterocycles. The molecule has 3 rings (SSSR count). The lowest BCUT2D eigenvalue weighted by atomic mass is 9.91. The average Bonchev–Trinajstić information content (AvgIpc) is 2.64. The van der Waals surface area contributed by atoms with Crippen molar-refractivity contribution in [2.24, 2.45) is 0 Å². The third-order valence-electron chi connectivity index (χ3n) is 5.07. The molecule has 1 aliphatic carbocycles. The van der Waals surface area contributed by atoms with Crippen LogP contribution in [0, 0.1) is 6.92 Å². The van der Waals surface area contributed by atoms with E-state index in [2.05, 4.69) is 34.3 Å². The minimum atomic E-state index is -3.48. The second-order valence-electron chi connectivity index (χ2n) is 7.12. The summed E-state index contributed by atoms with van der Waals surface area (Å²) in [5, 5.41) is 3.58. The molecule has 0 radical (unpaired) electrons. The summed E-state index contributed by atoms with van der Waals surface area (Å²) in [5.41, 5.74) is 2.36. The number of sulfonamides is 1. The fourth-order valence-electron chi connectivity index (χ4n) is 3.55. The fraction of sp³-hybridized carbons (Fsp3) is 0.429. The number of rotatable bonds is 7.